The highest BCUT2D eigenvalue weighted by Crippen LogP contribution is 2.04. The molecular formula is C6H3N3O4. The minimum Gasteiger partial charge on any atom is -0.421 e. The van der Waals surface area contributed by atoms with Gasteiger partial charge in [0.25, 0.3) is 5.91 Å². The molecule has 1 aliphatic heterocycles. The van der Waals surface area contributed by atoms with E-state index in [4.69, 9.17) is 5.21 Å². The lowest BCUT2D eigenvalue weighted by molar-refractivity contribution is 0.0995. The van der Waals surface area contributed by atoms with Crippen molar-refractivity contribution in [1.29, 1.82) is 0 Å². The topological polar surface area (TPSA) is 105 Å². The summed E-state index contributed by atoms with van der Waals surface area (Å²) < 4.78 is -0.161. The second-order valence-corrected chi connectivity index (χ2v) is 2.40. The zero-order valence-electron chi connectivity index (χ0n) is 6.14. The smallest absolute Gasteiger partial charge is 0.362 e. The molecule has 0 atom stereocenters. The van der Waals surface area contributed by atoms with E-state index in [0.29, 0.717) is 0 Å². The van der Waals surface area contributed by atoms with E-state index < -0.39 is 17.2 Å². The molecule has 0 spiro atoms. The van der Waals surface area contributed by atoms with Gasteiger partial charge in [0.15, 0.2) is 0 Å². The van der Waals surface area contributed by atoms with E-state index in [2.05, 4.69) is 9.98 Å². The number of nitrogens with one attached hydrogen (secondary N) is 1. The highest BCUT2D eigenvalue weighted by molar-refractivity contribution is 6.11. The summed E-state index contributed by atoms with van der Waals surface area (Å²) in [7, 11) is 0. The second kappa shape index (κ2) is 2.16. The average Bonchev–Trinajstić information content (AvgIpc) is 2.43. The summed E-state index contributed by atoms with van der Waals surface area (Å²) in [6.45, 7) is 0. The average molecular weight is 181 g/mol. The van der Waals surface area contributed by atoms with Crippen molar-refractivity contribution in [1.82, 2.24) is 9.71 Å². The maximum Gasteiger partial charge on any atom is 0.362 e. The summed E-state index contributed by atoms with van der Waals surface area (Å²) in [4.78, 5) is 38.2. The molecule has 2 N–H and O–H groups in total. The SMILES string of the molecule is O=C1N=Cc2[nH]c(=O)n(O)c(=O)c21. The predicted molar refractivity (Wildman–Crippen MR) is 40.4 cm³/mol. The van der Waals surface area contributed by atoms with E-state index >= 15 is 0 Å². The van der Waals surface area contributed by atoms with Gasteiger partial charge in [0.1, 0.15) is 5.56 Å². The third-order valence-corrected chi connectivity index (χ3v) is 1.63. The lowest BCUT2D eigenvalue weighted by Gasteiger charge is -1.96. The first-order chi connectivity index (χ1) is 6.11. The van der Waals surface area contributed by atoms with Crippen LogP contribution in [-0.2, 0) is 0 Å². The van der Waals surface area contributed by atoms with Crippen LogP contribution in [0.2, 0.25) is 0 Å². The maximum atomic E-state index is 11.1. The molecule has 1 amide bonds. The van der Waals surface area contributed by atoms with Crippen LogP contribution in [0.25, 0.3) is 0 Å². The number of hydrogen-bond acceptors (Lipinski definition) is 4. The Hall–Kier alpha value is -2.18. The second-order valence-electron chi connectivity index (χ2n) is 2.40. The van der Waals surface area contributed by atoms with Crippen LogP contribution in [0.15, 0.2) is 14.6 Å². The third kappa shape index (κ3) is 0.835. The van der Waals surface area contributed by atoms with Crippen LogP contribution in [0, 0.1) is 0 Å². The van der Waals surface area contributed by atoms with E-state index in [0.717, 1.165) is 6.21 Å². The lowest BCUT2D eigenvalue weighted by atomic mass is 10.2. The number of carbonyl (C=O) groups excluding carboxylic acids is 1. The summed E-state index contributed by atoms with van der Waals surface area (Å²) >= 11 is 0. The quantitative estimate of drug-likeness (QED) is 0.467. The molecule has 0 bridgehead atoms. The van der Waals surface area contributed by atoms with Crippen molar-refractivity contribution >= 4 is 12.1 Å². The number of carbonyl (C=O) groups is 1. The summed E-state index contributed by atoms with van der Waals surface area (Å²) in [5.74, 6) is -0.765. The Morgan fingerprint density at radius 3 is 2.77 bits per heavy atom. The van der Waals surface area contributed by atoms with Crippen LogP contribution in [0.4, 0.5) is 0 Å². The minimum absolute atomic E-state index is 0.0327. The molecule has 7 nitrogen and oxygen atoms in total. The van der Waals surface area contributed by atoms with Crippen LogP contribution in [-0.4, -0.2) is 27.0 Å². The van der Waals surface area contributed by atoms with Gasteiger partial charge in [-0.3, -0.25) is 9.59 Å². The Kier molecular flexibility index (Phi) is 1.24. The van der Waals surface area contributed by atoms with Gasteiger partial charge in [0.2, 0.25) is 0 Å². The molecular weight excluding hydrogens is 178 g/mol. The Morgan fingerprint density at radius 1 is 1.38 bits per heavy atom. The van der Waals surface area contributed by atoms with Crippen molar-refractivity contribution in [2.45, 2.75) is 0 Å². The zero-order valence-corrected chi connectivity index (χ0v) is 6.14. The van der Waals surface area contributed by atoms with Crippen molar-refractivity contribution in [2.24, 2.45) is 4.99 Å². The van der Waals surface area contributed by atoms with Gasteiger partial charge < -0.3 is 10.2 Å². The number of aromatic amines is 1. The van der Waals surface area contributed by atoms with E-state index in [1.165, 1.54) is 0 Å². The van der Waals surface area contributed by atoms with Crippen LogP contribution >= 0.6 is 0 Å². The van der Waals surface area contributed by atoms with Crippen LogP contribution in [0.3, 0.4) is 0 Å². The maximum absolute atomic E-state index is 11.1. The molecule has 1 aromatic rings. The first kappa shape index (κ1) is 7.47. The van der Waals surface area contributed by atoms with Gasteiger partial charge in [-0.25, -0.2) is 9.79 Å². The Labute approximate surface area is 69.9 Å². The largest absolute Gasteiger partial charge is 0.421 e. The normalized spacial score (nSPS) is 13.4. The van der Waals surface area contributed by atoms with Crippen LogP contribution in [0.1, 0.15) is 16.1 Å². The molecule has 0 aromatic carbocycles. The monoisotopic (exact) mass is 181 g/mol. The number of rotatable bonds is 0. The first-order valence-corrected chi connectivity index (χ1v) is 3.28. The number of aliphatic imine (C=N–C) groups is 1. The number of fused-ring (bicyclic) bond motifs is 1. The third-order valence-electron chi connectivity index (χ3n) is 1.63. The fourth-order valence-corrected chi connectivity index (χ4v) is 1.04. The number of hydrogen-bond donors (Lipinski definition) is 2. The molecule has 0 fully saturated rings. The van der Waals surface area contributed by atoms with Crippen molar-refractivity contribution in [2.75, 3.05) is 0 Å². The summed E-state index contributed by atoms with van der Waals surface area (Å²) in [6, 6.07) is 0. The molecule has 7 heteroatoms. The number of amides is 1. The molecule has 0 saturated heterocycles. The van der Waals surface area contributed by atoms with Gasteiger partial charge in [0.05, 0.1) is 11.9 Å². The fourth-order valence-electron chi connectivity index (χ4n) is 1.04. The molecule has 0 radical (unpaired) electrons. The predicted octanol–water partition coefficient (Wildman–Crippen LogP) is -1.65. The molecule has 0 aliphatic carbocycles. The Balaban J connectivity index is 2.96. The van der Waals surface area contributed by atoms with Gasteiger partial charge in [-0.1, -0.05) is 4.73 Å². The number of nitrogens with zero attached hydrogens (tertiary/aromatic N) is 2. The Morgan fingerprint density at radius 2 is 2.08 bits per heavy atom. The van der Waals surface area contributed by atoms with Crippen molar-refractivity contribution in [3.63, 3.8) is 0 Å². The lowest BCUT2D eigenvalue weighted by Crippen LogP contribution is -2.37. The van der Waals surface area contributed by atoms with E-state index in [-0.39, 0.29) is 16.0 Å². The van der Waals surface area contributed by atoms with E-state index in [1.807, 2.05) is 0 Å². The summed E-state index contributed by atoms with van der Waals surface area (Å²) in [6.07, 6.45) is 1.07. The van der Waals surface area contributed by atoms with Crippen molar-refractivity contribution in [3.05, 3.63) is 32.1 Å². The van der Waals surface area contributed by atoms with E-state index in [1.54, 1.807) is 0 Å². The van der Waals surface area contributed by atoms with Gasteiger partial charge >= 0.3 is 11.2 Å². The molecule has 2 heterocycles. The first-order valence-electron chi connectivity index (χ1n) is 3.28. The summed E-state index contributed by atoms with van der Waals surface area (Å²) in [5, 5.41) is 8.84. The highest BCUT2D eigenvalue weighted by atomic mass is 16.5. The van der Waals surface area contributed by atoms with Gasteiger partial charge in [-0.2, -0.15) is 0 Å². The molecule has 66 valence electrons. The standard InChI is InChI=1S/C6H3N3O4/c10-4-3-2(1-7-4)8-6(12)9(13)5(3)11/h1,13H,(H,8,12). The molecule has 0 saturated carbocycles. The van der Waals surface area contributed by atoms with Crippen molar-refractivity contribution < 1.29 is 10.0 Å². The highest BCUT2D eigenvalue weighted by Gasteiger charge is 2.22. The van der Waals surface area contributed by atoms with Crippen LogP contribution in [0.5, 0.6) is 0 Å². The van der Waals surface area contributed by atoms with E-state index in [9.17, 15) is 14.4 Å². The van der Waals surface area contributed by atoms with Crippen LogP contribution < -0.4 is 11.2 Å². The van der Waals surface area contributed by atoms with Gasteiger partial charge in [-0.05, 0) is 0 Å². The molecule has 2 rings (SSSR count). The fraction of sp³-hybridized carbons (Fsp3) is 0. The Bertz CT molecular complexity index is 536. The van der Waals surface area contributed by atoms with Gasteiger partial charge in [0, 0.05) is 0 Å². The number of H-pyrrole nitrogens is 1. The van der Waals surface area contributed by atoms with Gasteiger partial charge in [-0.15, -0.1) is 0 Å². The summed E-state index contributed by atoms with van der Waals surface area (Å²) in [5.41, 5.74) is -2.33. The number of aromatic nitrogens is 2. The minimum atomic E-state index is -1.05. The van der Waals surface area contributed by atoms with Crippen molar-refractivity contribution in [3.8, 4) is 0 Å². The zero-order chi connectivity index (χ0) is 9.59. The molecule has 1 aliphatic rings. The molecule has 0 unspecified atom stereocenters. The molecule has 1 aromatic heterocycles. The molecule has 13 heavy (non-hydrogen) atoms.